The molecule has 0 aliphatic carbocycles. The first-order valence-corrected chi connectivity index (χ1v) is 4.89. The molecule has 15 heavy (non-hydrogen) atoms. The number of carboxylic acids is 1. The van der Waals surface area contributed by atoms with E-state index < -0.39 is 16.6 Å². The Morgan fingerprint density at radius 2 is 2.27 bits per heavy atom. The van der Waals surface area contributed by atoms with Crippen molar-refractivity contribution >= 4 is 27.6 Å². The summed E-state index contributed by atoms with van der Waals surface area (Å²) in [6, 6.07) is 3.57. The molecule has 0 radical (unpaired) electrons. The normalized spacial score (nSPS) is 9.67. The van der Waals surface area contributed by atoms with E-state index in [1.54, 1.807) is 0 Å². The molecule has 0 aromatic heterocycles. The van der Waals surface area contributed by atoms with Gasteiger partial charge in [-0.3, -0.25) is 10.1 Å². The molecule has 0 fully saturated rings. The maximum Gasteiger partial charge on any atom is 0.342 e. The van der Waals surface area contributed by atoms with Gasteiger partial charge in [-0.2, -0.15) is 0 Å². The van der Waals surface area contributed by atoms with Crippen molar-refractivity contribution in [1.29, 1.82) is 0 Å². The first-order chi connectivity index (χ1) is 7.06. The molecular formula is C8H6BrNO5. The molecule has 1 rings (SSSR count). The van der Waals surface area contributed by atoms with Gasteiger partial charge in [-0.25, -0.2) is 4.79 Å². The highest BCUT2D eigenvalue weighted by molar-refractivity contribution is 9.09. The number of nitro groups is 1. The minimum Gasteiger partial charge on any atom is -0.482 e. The maximum absolute atomic E-state index is 10.6. The molecule has 0 heterocycles. The van der Waals surface area contributed by atoms with Gasteiger partial charge in [0.15, 0.2) is 0 Å². The van der Waals surface area contributed by atoms with Crippen LogP contribution in [0.1, 0.15) is 10.4 Å². The molecule has 0 atom stereocenters. The predicted octanol–water partition coefficient (Wildman–Crippen LogP) is 2.02. The smallest absolute Gasteiger partial charge is 0.342 e. The number of halogens is 1. The van der Waals surface area contributed by atoms with Crippen LogP contribution < -0.4 is 4.74 Å². The largest absolute Gasteiger partial charge is 0.482 e. The van der Waals surface area contributed by atoms with Crippen molar-refractivity contribution in [3.63, 3.8) is 0 Å². The van der Waals surface area contributed by atoms with Crippen LogP contribution in [0.3, 0.4) is 0 Å². The highest BCUT2D eigenvalue weighted by Crippen LogP contribution is 2.24. The van der Waals surface area contributed by atoms with E-state index in [1.807, 2.05) is 0 Å². The summed E-state index contributed by atoms with van der Waals surface area (Å²) in [5, 5.41) is 19.2. The first-order valence-electron chi connectivity index (χ1n) is 3.76. The van der Waals surface area contributed by atoms with E-state index in [0.717, 1.165) is 12.1 Å². The van der Waals surface area contributed by atoms with Gasteiger partial charge in [-0.1, -0.05) is 0 Å². The fraction of sp³-hybridized carbons (Fsp3) is 0.125. The van der Waals surface area contributed by atoms with Crippen molar-refractivity contribution in [3.8, 4) is 5.75 Å². The molecule has 1 aromatic rings. The number of aromatic carboxylic acids is 1. The van der Waals surface area contributed by atoms with E-state index >= 15 is 0 Å². The van der Waals surface area contributed by atoms with Gasteiger partial charge in [0.2, 0.25) is 0 Å². The number of alkyl halides is 1. The van der Waals surface area contributed by atoms with Crippen LogP contribution in [-0.4, -0.2) is 21.5 Å². The van der Waals surface area contributed by atoms with E-state index in [2.05, 4.69) is 15.9 Å². The Balaban J connectivity index is 3.21. The van der Waals surface area contributed by atoms with E-state index in [-0.39, 0.29) is 16.8 Å². The van der Waals surface area contributed by atoms with Gasteiger partial charge in [-0.15, -0.1) is 0 Å². The molecule has 80 valence electrons. The van der Waals surface area contributed by atoms with E-state index in [4.69, 9.17) is 9.84 Å². The summed E-state index contributed by atoms with van der Waals surface area (Å²) in [5.41, 5.74) is -0.667. The lowest BCUT2D eigenvalue weighted by atomic mass is 10.2. The van der Waals surface area contributed by atoms with Crippen LogP contribution in [0.5, 0.6) is 5.75 Å². The van der Waals surface area contributed by atoms with Crippen molar-refractivity contribution in [2.45, 2.75) is 0 Å². The standard InChI is InChI=1S/C8H6BrNO5/c9-4-15-5-1-2-6(8(11)12)7(3-5)10(13)14/h1-3H,4H2,(H,11,12). The second-order valence-electron chi connectivity index (χ2n) is 2.49. The fourth-order valence-electron chi connectivity index (χ4n) is 0.996. The summed E-state index contributed by atoms with van der Waals surface area (Å²) in [6.45, 7) is 0. The van der Waals surface area contributed by atoms with Crippen LogP contribution in [0, 0.1) is 10.1 Å². The third-order valence-electron chi connectivity index (χ3n) is 1.62. The second kappa shape index (κ2) is 4.74. The zero-order chi connectivity index (χ0) is 11.4. The maximum atomic E-state index is 10.6. The van der Waals surface area contributed by atoms with Gasteiger partial charge in [0.1, 0.15) is 16.8 Å². The number of hydrogen-bond donors (Lipinski definition) is 1. The zero-order valence-electron chi connectivity index (χ0n) is 7.34. The zero-order valence-corrected chi connectivity index (χ0v) is 8.93. The fourth-order valence-corrected chi connectivity index (χ4v) is 1.26. The molecule has 0 spiro atoms. The molecule has 1 N–H and O–H groups in total. The molecule has 0 saturated carbocycles. The van der Waals surface area contributed by atoms with Crippen LogP contribution in [0.15, 0.2) is 18.2 Å². The van der Waals surface area contributed by atoms with Crippen LogP contribution in [0.25, 0.3) is 0 Å². The number of benzene rings is 1. The number of nitro benzene ring substituents is 1. The second-order valence-corrected chi connectivity index (χ2v) is 2.95. The minimum absolute atomic E-state index is 0.177. The number of nitrogens with zero attached hydrogens (tertiary/aromatic N) is 1. The van der Waals surface area contributed by atoms with Crippen LogP contribution >= 0.6 is 15.9 Å². The molecule has 0 aliphatic heterocycles. The molecule has 0 unspecified atom stereocenters. The monoisotopic (exact) mass is 275 g/mol. The lowest BCUT2D eigenvalue weighted by Crippen LogP contribution is -2.03. The quantitative estimate of drug-likeness (QED) is 0.516. The lowest BCUT2D eigenvalue weighted by Gasteiger charge is -2.03. The summed E-state index contributed by atoms with van der Waals surface area (Å²) >= 11 is 2.99. The Bertz CT molecular complexity index is 406. The van der Waals surface area contributed by atoms with Crippen LogP contribution in [0.4, 0.5) is 5.69 Å². The van der Waals surface area contributed by atoms with E-state index in [0.29, 0.717) is 0 Å². The molecule has 1 aromatic carbocycles. The minimum atomic E-state index is -1.34. The Hall–Kier alpha value is -1.63. The number of hydrogen-bond acceptors (Lipinski definition) is 4. The van der Waals surface area contributed by atoms with Gasteiger partial charge in [0.25, 0.3) is 5.69 Å². The number of carboxylic acid groups (broad SMARTS) is 1. The Kier molecular flexibility index (Phi) is 3.62. The third kappa shape index (κ3) is 2.66. The average molecular weight is 276 g/mol. The predicted molar refractivity (Wildman–Crippen MR) is 54.5 cm³/mol. The van der Waals surface area contributed by atoms with Gasteiger partial charge >= 0.3 is 5.97 Å². The van der Waals surface area contributed by atoms with Gasteiger partial charge in [0, 0.05) is 0 Å². The molecule has 7 heteroatoms. The molecule has 0 bridgehead atoms. The van der Waals surface area contributed by atoms with E-state index in [9.17, 15) is 14.9 Å². The molecular weight excluding hydrogens is 270 g/mol. The summed E-state index contributed by atoms with van der Waals surface area (Å²) < 4.78 is 4.95. The average Bonchev–Trinajstić information content (AvgIpc) is 2.17. The first kappa shape index (κ1) is 11.4. The van der Waals surface area contributed by atoms with Gasteiger partial charge in [0.05, 0.1) is 11.0 Å². The van der Waals surface area contributed by atoms with Crippen molar-refractivity contribution in [1.82, 2.24) is 0 Å². The Labute approximate surface area is 92.8 Å². The van der Waals surface area contributed by atoms with Gasteiger partial charge < -0.3 is 9.84 Å². The summed E-state index contributed by atoms with van der Waals surface area (Å²) in [5.74, 6) is -1.10. The third-order valence-corrected chi connectivity index (χ3v) is 1.85. The summed E-state index contributed by atoms with van der Waals surface area (Å²) in [4.78, 5) is 20.4. The number of carbonyl (C=O) groups is 1. The SMILES string of the molecule is O=C(O)c1ccc(OCBr)cc1[N+](=O)[O-]. The Morgan fingerprint density at radius 3 is 2.73 bits per heavy atom. The highest BCUT2D eigenvalue weighted by Gasteiger charge is 2.20. The highest BCUT2D eigenvalue weighted by atomic mass is 79.9. The van der Waals surface area contributed by atoms with Crippen LogP contribution in [0.2, 0.25) is 0 Å². The van der Waals surface area contributed by atoms with Crippen molar-refractivity contribution in [3.05, 3.63) is 33.9 Å². The molecule has 0 amide bonds. The summed E-state index contributed by atoms with van der Waals surface area (Å²) in [7, 11) is 0. The van der Waals surface area contributed by atoms with E-state index in [1.165, 1.54) is 6.07 Å². The number of rotatable bonds is 4. The van der Waals surface area contributed by atoms with Crippen molar-refractivity contribution in [2.24, 2.45) is 0 Å². The molecule has 6 nitrogen and oxygen atoms in total. The molecule has 0 saturated heterocycles. The summed E-state index contributed by atoms with van der Waals surface area (Å²) in [6.07, 6.45) is 0. The molecule has 0 aliphatic rings. The Morgan fingerprint density at radius 1 is 1.60 bits per heavy atom. The lowest BCUT2D eigenvalue weighted by molar-refractivity contribution is -0.385. The number of ether oxygens (including phenoxy) is 1. The van der Waals surface area contributed by atoms with Gasteiger partial charge in [-0.05, 0) is 28.1 Å². The topological polar surface area (TPSA) is 89.7 Å². The van der Waals surface area contributed by atoms with Crippen molar-refractivity contribution < 1.29 is 19.6 Å². The van der Waals surface area contributed by atoms with Crippen molar-refractivity contribution in [2.75, 3.05) is 5.52 Å². The van der Waals surface area contributed by atoms with Crippen LogP contribution in [-0.2, 0) is 0 Å².